The summed E-state index contributed by atoms with van der Waals surface area (Å²) in [7, 11) is 1.92. The average molecular weight is 235 g/mol. The second-order valence-corrected chi connectivity index (χ2v) is 4.22. The summed E-state index contributed by atoms with van der Waals surface area (Å²) in [5.41, 5.74) is 3.62. The lowest BCUT2D eigenvalue weighted by Gasteiger charge is -2.13. The third kappa shape index (κ3) is 3.11. The quantitative estimate of drug-likeness (QED) is 0.432. The SMILES string of the molecule is C=[N+](C)[CH-]C=C(c1ccccc1)c1ccccc1. The molecule has 1 heteroatoms. The molecule has 2 rings (SSSR count). The molecule has 2 aromatic carbocycles. The summed E-state index contributed by atoms with van der Waals surface area (Å²) in [6.45, 7) is 5.80. The Kier molecular flexibility index (Phi) is 3.98. The molecule has 0 aliphatic rings. The molecule has 0 radical (unpaired) electrons. The maximum Gasteiger partial charge on any atom is 0.114 e. The van der Waals surface area contributed by atoms with Crippen molar-refractivity contribution in [3.8, 4) is 0 Å². The number of hydrogen-bond acceptors (Lipinski definition) is 0. The third-order valence-electron chi connectivity index (χ3n) is 2.67. The lowest BCUT2D eigenvalue weighted by Crippen LogP contribution is -1.96. The molecule has 2 aromatic rings. The molecule has 0 unspecified atom stereocenters. The van der Waals surface area contributed by atoms with Crippen molar-refractivity contribution in [1.29, 1.82) is 0 Å². The maximum absolute atomic E-state index is 3.83. The fraction of sp³-hybridized carbons (Fsp3) is 0.0588. The van der Waals surface area contributed by atoms with Gasteiger partial charge in [0.05, 0.1) is 6.54 Å². The minimum Gasteiger partial charge on any atom is -0.319 e. The van der Waals surface area contributed by atoms with Crippen molar-refractivity contribution in [3.05, 3.63) is 84.4 Å². The Labute approximate surface area is 109 Å². The molecule has 90 valence electrons. The van der Waals surface area contributed by atoms with Crippen LogP contribution in [0, 0.1) is 6.54 Å². The third-order valence-corrected chi connectivity index (χ3v) is 2.67. The van der Waals surface area contributed by atoms with Gasteiger partial charge in [0.25, 0.3) is 0 Å². The summed E-state index contributed by atoms with van der Waals surface area (Å²) >= 11 is 0. The van der Waals surface area contributed by atoms with Gasteiger partial charge in [-0.25, -0.2) is 0 Å². The molecule has 0 saturated carbocycles. The topological polar surface area (TPSA) is 3.01 Å². The molecule has 0 heterocycles. The van der Waals surface area contributed by atoms with Gasteiger partial charge in [0.15, 0.2) is 0 Å². The summed E-state index contributed by atoms with van der Waals surface area (Å²) < 4.78 is 1.80. The molecule has 0 N–H and O–H groups in total. The van der Waals surface area contributed by atoms with E-state index in [1.54, 1.807) is 4.58 Å². The van der Waals surface area contributed by atoms with E-state index in [4.69, 9.17) is 0 Å². The first-order chi connectivity index (χ1) is 8.77. The molecule has 0 bridgehead atoms. The number of likely N-dealkylation sites (N-methyl/N-ethyl adjacent to an activating group) is 1. The number of benzene rings is 2. The lowest BCUT2D eigenvalue weighted by atomic mass is 9.98. The van der Waals surface area contributed by atoms with E-state index in [0.717, 1.165) is 0 Å². The van der Waals surface area contributed by atoms with Gasteiger partial charge in [0.1, 0.15) is 7.05 Å². The first-order valence-electron chi connectivity index (χ1n) is 5.97. The Hall–Kier alpha value is -2.28. The zero-order valence-corrected chi connectivity index (χ0v) is 10.6. The fourth-order valence-electron chi connectivity index (χ4n) is 1.80. The second kappa shape index (κ2) is 5.87. The van der Waals surface area contributed by atoms with E-state index in [1.807, 2.05) is 25.7 Å². The Balaban J connectivity index is 2.42. The van der Waals surface area contributed by atoms with Gasteiger partial charge < -0.3 is 4.58 Å². The largest absolute Gasteiger partial charge is 0.319 e. The molecule has 18 heavy (non-hydrogen) atoms. The van der Waals surface area contributed by atoms with Crippen molar-refractivity contribution in [2.45, 2.75) is 0 Å². The van der Waals surface area contributed by atoms with Gasteiger partial charge in [-0.05, 0) is 0 Å². The van der Waals surface area contributed by atoms with E-state index in [1.165, 1.54) is 16.7 Å². The molecule has 0 fully saturated rings. The highest BCUT2D eigenvalue weighted by Gasteiger charge is 1.98. The predicted octanol–water partition coefficient (Wildman–Crippen LogP) is 3.62. The fourth-order valence-corrected chi connectivity index (χ4v) is 1.80. The molecule has 0 amide bonds. The highest BCUT2D eigenvalue weighted by Crippen LogP contribution is 2.23. The summed E-state index contributed by atoms with van der Waals surface area (Å²) in [6, 6.07) is 20.8. The van der Waals surface area contributed by atoms with Crippen LogP contribution in [-0.2, 0) is 0 Å². The lowest BCUT2D eigenvalue weighted by molar-refractivity contribution is -0.437. The van der Waals surface area contributed by atoms with E-state index in [9.17, 15) is 0 Å². The zero-order chi connectivity index (χ0) is 12.8. The van der Waals surface area contributed by atoms with Crippen molar-refractivity contribution in [2.24, 2.45) is 0 Å². The van der Waals surface area contributed by atoms with E-state index in [2.05, 4.69) is 61.3 Å². The standard InChI is InChI=1S/C17H17N/c1-18(2)14-13-17(15-9-5-3-6-10-15)16-11-7-4-8-12-16/h3-14H,1H2,2H3. The average Bonchev–Trinajstić information content (AvgIpc) is 2.41. The predicted molar refractivity (Wildman–Crippen MR) is 77.6 cm³/mol. The Morgan fingerprint density at radius 1 is 0.944 bits per heavy atom. The van der Waals surface area contributed by atoms with Crippen LogP contribution in [0.15, 0.2) is 66.7 Å². The number of nitrogens with zero attached hydrogens (tertiary/aromatic N) is 1. The van der Waals surface area contributed by atoms with Gasteiger partial charge in [-0.15, -0.1) is 11.6 Å². The van der Waals surface area contributed by atoms with Gasteiger partial charge in [-0.3, -0.25) is 0 Å². The van der Waals surface area contributed by atoms with Crippen LogP contribution in [-0.4, -0.2) is 18.3 Å². The van der Waals surface area contributed by atoms with E-state index in [-0.39, 0.29) is 0 Å². The molecule has 0 aromatic heterocycles. The monoisotopic (exact) mass is 235 g/mol. The maximum atomic E-state index is 3.83. The summed E-state index contributed by atoms with van der Waals surface area (Å²) in [5.74, 6) is 0. The Bertz CT molecular complexity index is 497. The molecule has 0 aliphatic carbocycles. The molecular weight excluding hydrogens is 218 g/mol. The van der Waals surface area contributed by atoms with Gasteiger partial charge >= 0.3 is 0 Å². The highest BCUT2D eigenvalue weighted by atomic mass is 14.9. The van der Waals surface area contributed by atoms with Gasteiger partial charge in [0.2, 0.25) is 0 Å². The van der Waals surface area contributed by atoms with Crippen LogP contribution in [0.25, 0.3) is 5.57 Å². The van der Waals surface area contributed by atoms with Crippen LogP contribution in [0.3, 0.4) is 0 Å². The minimum atomic E-state index is 1.20. The van der Waals surface area contributed by atoms with Gasteiger partial charge in [-0.2, -0.15) is 0 Å². The van der Waals surface area contributed by atoms with E-state index in [0.29, 0.717) is 0 Å². The van der Waals surface area contributed by atoms with Crippen molar-refractivity contribution in [3.63, 3.8) is 0 Å². The van der Waals surface area contributed by atoms with Crippen molar-refractivity contribution in [1.82, 2.24) is 0 Å². The van der Waals surface area contributed by atoms with Crippen LogP contribution < -0.4 is 0 Å². The minimum absolute atomic E-state index is 1.20. The van der Waals surface area contributed by atoms with Crippen molar-refractivity contribution < 1.29 is 4.58 Å². The first kappa shape index (κ1) is 12.2. The molecule has 1 nitrogen and oxygen atoms in total. The Morgan fingerprint density at radius 3 is 1.78 bits per heavy atom. The van der Waals surface area contributed by atoms with E-state index < -0.39 is 0 Å². The van der Waals surface area contributed by atoms with Crippen LogP contribution in [0.1, 0.15) is 11.1 Å². The first-order valence-corrected chi connectivity index (χ1v) is 5.97. The van der Waals surface area contributed by atoms with E-state index >= 15 is 0 Å². The Morgan fingerprint density at radius 2 is 1.39 bits per heavy atom. The molecule has 0 atom stereocenters. The normalized spacial score (nSPS) is 9.61. The van der Waals surface area contributed by atoms with Crippen molar-refractivity contribution in [2.75, 3.05) is 7.05 Å². The van der Waals surface area contributed by atoms with Gasteiger partial charge in [-0.1, -0.05) is 71.8 Å². The van der Waals surface area contributed by atoms with Gasteiger partial charge in [0, 0.05) is 6.72 Å². The number of hydrogen-bond donors (Lipinski definition) is 0. The second-order valence-electron chi connectivity index (χ2n) is 4.22. The molecular formula is C17H17N. The zero-order valence-electron chi connectivity index (χ0n) is 10.6. The molecule has 0 spiro atoms. The van der Waals surface area contributed by atoms with Crippen molar-refractivity contribution >= 4 is 12.3 Å². The van der Waals surface area contributed by atoms with Crippen LogP contribution >= 0.6 is 0 Å². The molecule has 0 saturated heterocycles. The summed E-state index contributed by atoms with van der Waals surface area (Å²) in [5, 5.41) is 0. The highest BCUT2D eigenvalue weighted by molar-refractivity contribution is 5.80. The molecule has 0 aliphatic heterocycles. The summed E-state index contributed by atoms with van der Waals surface area (Å²) in [4.78, 5) is 0. The number of rotatable bonds is 4. The van der Waals surface area contributed by atoms with Crippen LogP contribution in [0.2, 0.25) is 0 Å². The summed E-state index contributed by atoms with van der Waals surface area (Å²) in [6.07, 6.45) is 2.09. The smallest absolute Gasteiger partial charge is 0.114 e. The van der Waals surface area contributed by atoms with Crippen LogP contribution in [0.4, 0.5) is 0 Å². The van der Waals surface area contributed by atoms with Crippen LogP contribution in [0.5, 0.6) is 0 Å².